The molecule has 40 heavy (non-hydrogen) atoms. The number of carboxylic acids is 1. The van der Waals surface area contributed by atoms with Gasteiger partial charge in [0.1, 0.15) is 0 Å². The molecule has 206 valence electrons. The van der Waals surface area contributed by atoms with Crippen LogP contribution in [0.4, 0.5) is 0 Å². The molecule has 4 aromatic rings. The number of ether oxygens (including phenoxy) is 2. The van der Waals surface area contributed by atoms with E-state index in [1.54, 1.807) is 12.1 Å². The third-order valence-electron chi connectivity index (χ3n) is 7.30. The van der Waals surface area contributed by atoms with Crippen LogP contribution in [0.15, 0.2) is 102 Å². The number of aromatic carboxylic acids is 1. The summed E-state index contributed by atoms with van der Waals surface area (Å²) in [6.45, 7) is 2.55. The first-order valence-corrected chi connectivity index (χ1v) is 14.3. The molecule has 0 spiro atoms. The van der Waals surface area contributed by atoms with Gasteiger partial charge in [0.15, 0.2) is 6.29 Å². The number of aliphatic hydroxyl groups excluding tert-OH is 1. The zero-order valence-electron chi connectivity index (χ0n) is 22.3. The average molecular weight is 556 g/mol. The molecule has 1 saturated heterocycles. The summed E-state index contributed by atoms with van der Waals surface area (Å²) in [5.41, 5.74) is 12.1. The minimum Gasteiger partial charge on any atom is -0.478 e. The summed E-state index contributed by atoms with van der Waals surface area (Å²) >= 11 is 1.48. The van der Waals surface area contributed by atoms with Crippen LogP contribution < -0.4 is 5.73 Å². The fourth-order valence-corrected chi connectivity index (χ4v) is 6.21. The van der Waals surface area contributed by atoms with E-state index in [0.29, 0.717) is 17.2 Å². The molecule has 0 radical (unpaired) electrons. The second-order valence-electron chi connectivity index (χ2n) is 9.96. The Morgan fingerprint density at radius 1 is 0.850 bits per heavy atom. The second kappa shape index (κ2) is 12.8. The van der Waals surface area contributed by atoms with Gasteiger partial charge >= 0.3 is 5.97 Å². The van der Waals surface area contributed by atoms with Crippen molar-refractivity contribution in [3.63, 3.8) is 0 Å². The Kier molecular flexibility index (Phi) is 8.99. The monoisotopic (exact) mass is 555 g/mol. The number of benzene rings is 4. The van der Waals surface area contributed by atoms with Crippen LogP contribution in [0.5, 0.6) is 0 Å². The molecule has 6 nitrogen and oxygen atoms in total. The van der Waals surface area contributed by atoms with E-state index in [4.69, 9.17) is 15.2 Å². The molecule has 4 aromatic carbocycles. The van der Waals surface area contributed by atoms with Crippen molar-refractivity contribution in [3.05, 3.63) is 125 Å². The highest BCUT2D eigenvalue weighted by atomic mass is 32.2. The number of hydrogen-bond donors (Lipinski definition) is 3. The van der Waals surface area contributed by atoms with Gasteiger partial charge in [-0.05, 0) is 52.1 Å². The fourth-order valence-electron chi connectivity index (χ4n) is 4.99. The van der Waals surface area contributed by atoms with Crippen molar-refractivity contribution in [2.24, 2.45) is 11.7 Å². The maximum atomic E-state index is 11.8. The van der Waals surface area contributed by atoms with Gasteiger partial charge in [-0.25, -0.2) is 4.79 Å². The van der Waals surface area contributed by atoms with E-state index in [1.807, 2.05) is 60.7 Å². The van der Waals surface area contributed by atoms with Crippen LogP contribution in [0.25, 0.3) is 11.1 Å². The summed E-state index contributed by atoms with van der Waals surface area (Å²) in [4.78, 5) is 12.5. The van der Waals surface area contributed by atoms with Crippen molar-refractivity contribution in [1.82, 2.24) is 0 Å². The minimum absolute atomic E-state index is 0.00913. The second-order valence-corrected chi connectivity index (χ2v) is 11.0. The molecule has 4 atom stereocenters. The van der Waals surface area contributed by atoms with E-state index < -0.39 is 12.3 Å². The molecule has 1 aliphatic heterocycles. The lowest BCUT2D eigenvalue weighted by atomic mass is 9.91. The highest BCUT2D eigenvalue weighted by molar-refractivity contribution is 7.99. The predicted molar refractivity (Wildman–Crippen MR) is 157 cm³/mol. The van der Waals surface area contributed by atoms with Crippen LogP contribution >= 0.6 is 11.8 Å². The minimum atomic E-state index is -0.945. The largest absolute Gasteiger partial charge is 0.478 e. The molecule has 4 N–H and O–H groups in total. The number of nitrogens with two attached hydrogens (primary N) is 1. The predicted octanol–water partition coefficient (Wildman–Crippen LogP) is 6.59. The van der Waals surface area contributed by atoms with Crippen LogP contribution in [0, 0.1) is 5.92 Å². The summed E-state index contributed by atoms with van der Waals surface area (Å²) in [5, 5.41) is 19.2. The molecule has 4 unspecified atom stereocenters. The molecular formula is C33H33NO5S. The molecule has 1 aliphatic rings. The summed E-state index contributed by atoms with van der Waals surface area (Å²) < 4.78 is 13.2. The van der Waals surface area contributed by atoms with Gasteiger partial charge in [0.2, 0.25) is 0 Å². The molecule has 0 aromatic heterocycles. The fraction of sp³-hybridized carbons (Fsp3) is 0.242. The number of carboxylic acid groups (broad SMARTS) is 1. The summed E-state index contributed by atoms with van der Waals surface area (Å²) in [5.74, 6) is -0.390. The summed E-state index contributed by atoms with van der Waals surface area (Å²) in [6.07, 6.45) is -1.08. The van der Waals surface area contributed by atoms with Crippen LogP contribution in [0.1, 0.15) is 51.9 Å². The number of rotatable bonds is 9. The van der Waals surface area contributed by atoms with Gasteiger partial charge in [-0.3, -0.25) is 0 Å². The number of thioether (sulfide) groups is 1. The lowest BCUT2D eigenvalue weighted by Gasteiger charge is -2.41. The summed E-state index contributed by atoms with van der Waals surface area (Å²) in [7, 11) is 0. The Hall–Kier alpha value is -3.46. The smallest absolute Gasteiger partial charge is 0.336 e. The number of carbonyl (C=O) groups is 1. The van der Waals surface area contributed by atoms with E-state index in [9.17, 15) is 15.0 Å². The van der Waals surface area contributed by atoms with Crippen molar-refractivity contribution in [3.8, 4) is 11.1 Å². The Labute approximate surface area is 238 Å². The first-order valence-electron chi connectivity index (χ1n) is 13.3. The Morgan fingerprint density at radius 2 is 1.57 bits per heavy atom. The number of hydrogen-bond acceptors (Lipinski definition) is 6. The highest BCUT2D eigenvalue weighted by Gasteiger charge is 2.38. The van der Waals surface area contributed by atoms with Gasteiger partial charge in [-0.15, -0.1) is 11.8 Å². The first-order chi connectivity index (χ1) is 19.5. The van der Waals surface area contributed by atoms with Crippen LogP contribution in [-0.4, -0.2) is 28.0 Å². The van der Waals surface area contributed by atoms with Crippen molar-refractivity contribution >= 4 is 17.7 Å². The third-order valence-corrected chi connectivity index (χ3v) is 8.46. The van der Waals surface area contributed by atoms with Gasteiger partial charge in [0, 0.05) is 28.7 Å². The highest BCUT2D eigenvalue weighted by Crippen LogP contribution is 2.43. The van der Waals surface area contributed by atoms with E-state index in [2.05, 4.69) is 31.2 Å². The van der Waals surface area contributed by atoms with E-state index >= 15 is 0 Å². The zero-order valence-corrected chi connectivity index (χ0v) is 23.1. The molecule has 7 heteroatoms. The van der Waals surface area contributed by atoms with Crippen LogP contribution in [0.2, 0.25) is 0 Å². The van der Waals surface area contributed by atoms with Gasteiger partial charge < -0.3 is 25.4 Å². The standard InChI is InChI=1S/C33H33NO5S/c1-21-29(20-40-30-11-3-2-10-28(30)32(36)37)38-33(39-31(21)24-14-12-22(19-35)13-15-24)27-9-5-8-26(17-27)25-7-4-6-23(16-25)18-34/h2-17,21,29,31,33,35H,18-20,34H2,1H3,(H,36,37). The lowest BCUT2D eigenvalue weighted by molar-refractivity contribution is -0.268. The van der Waals surface area contributed by atoms with E-state index in [-0.39, 0.29) is 30.3 Å². The zero-order chi connectivity index (χ0) is 28.1. The SMILES string of the molecule is CC1C(CSc2ccccc2C(=O)O)OC(c2cccc(-c3cccc(CN)c3)c2)OC1c1ccc(CO)cc1. The molecule has 0 amide bonds. The first kappa shape index (κ1) is 28.1. The molecular weight excluding hydrogens is 522 g/mol. The Balaban J connectivity index is 1.45. The van der Waals surface area contributed by atoms with Gasteiger partial charge in [0.25, 0.3) is 0 Å². The van der Waals surface area contributed by atoms with Crippen LogP contribution in [-0.2, 0) is 22.6 Å². The summed E-state index contributed by atoms with van der Waals surface area (Å²) in [6, 6.07) is 31.2. The van der Waals surface area contributed by atoms with Crippen LogP contribution in [0.3, 0.4) is 0 Å². The van der Waals surface area contributed by atoms with Crippen molar-refractivity contribution in [1.29, 1.82) is 0 Å². The Morgan fingerprint density at radius 3 is 2.30 bits per heavy atom. The maximum Gasteiger partial charge on any atom is 0.336 e. The van der Waals surface area contributed by atoms with Gasteiger partial charge in [-0.1, -0.05) is 79.7 Å². The average Bonchev–Trinajstić information content (AvgIpc) is 3.00. The van der Waals surface area contributed by atoms with Crippen molar-refractivity contribution < 1.29 is 24.5 Å². The van der Waals surface area contributed by atoms with E-state index in [0.717, 1.165) is 33.4 Å². The maximum absolute atomic E-state index is 11.8. The van der Waals surface area contributed by atoms with Gasteiger partial charge in [-0.2, -0.15) is 0 Å². The lowest BCUT2D eigenvalue weighted by Crippen LogP contribution is -2.38. The molecule has 5 rings (SSSR count). The molecule has 1 heterocycles. The topological polar surface area (TPSA) is 102 Å². The molecule has 0 bridgehead atoms. The normalized spacial score (nSPS) is 20.8. The van der Waals surface area contributed by atoms with Crippen molar-refractivity contribution in [2.45, 2.75) is 43.5 Å². The molecule has 0 saturated carbocycles. The van der Waals surface area contributed by atoms with E-state index in [1.165, 1.54) is 11.8 Å². The van der Waals surface area contributed by atoms with Crippen molar-refractivity contribution in [2.75, 3.05) is 5.75 Å². The van der Waals surface area contributed by atoms with Gasteiger partial charge in [0.05, 0.1) is 24.4 Å². The number of aliphatic hydroxyl groups is 1. The Bertz CT molecular complexity index is 1460. The third kappa shape index (κ3) is 6.30. The molecule has 0 aliphatic carbocycles. The quantitative estimate of drug-likeness (QED) is 0.200. The molecule has 1 fully saturated rings.